The molecule has 2 aromatic carbocycles. The van der Waals surface area contributed by atoms with Gasteiger partial charge in [-0.2, -0.15) is 18.0 Å². The lowest BCUT2D eigenvalue weighted by Gasteiger charge is -2.13. The van der Waals surface area contributed by atoms with E-state index in [1.54, 1.807) is 24.3 Å². The number of benzene rings is 2. The molecule has 0 spiro atoms. The fourth-order valence-electron chi connectivity index (χ4n) is 2.36. The zero-order valence-electron chi connectivity index (χ0n) is 14.2. The topological polar surface area (TPSA) is 116 Å². The molecule has 0 unspecified atom stereocenters. The molecule has 29 heavy (non-hydrogen) atoms. The molecule has 0 radical (unpaired) electrons. The van der Waals surface area contributed by atoms with Crippen molar-refractivity contribution in [3.05, 3.63) is 63.2 Å². The van der Waals surface area contributed by atoms with Gasteiger partial charge in [0.1, 0.15) is 6.54 Å². The molecule has 0 saturated carbocycles. The van der Waals surface area contributed by atoms with Crippen LogP contribution in [-0.2, 0) is 17.5 Å². The number of hydrogen-bond acceptors (Lipinski definition) is 6. The van der Waals surface area contributed by atoms with E-state index in [0.717, 1.165) is 16.9 Å². The van der Waals surface area contributed by atoms with Gasteiger partial charge in [0, 0.05) is 22.7 Å². The van der Waals surface area contributed by atoms with E-state index in [-0.39, 0.29) is 5.82 Å². The summed E-state index contributed by atoms with van der Waals surface area (Å²) in [7, 11) is 0. The van der Waals surface area contributed by atoms with Crippen LogP contribution in [0.25, 0.3) is 11.4 Å². The van der Waals surface area contributed by atoms with Gasteiger partial charge in [-0.1, -0.05) is 23.7 Å². The van der Waals surface area contributed by atoms with Gasteiger partial charge < -0.3 is 5.32 Å². The second kappa shape index (κ2) is 7.83. The van der Waals surface area contributed by atoms with Gasteiger partial charge in [-0.05, 0) is 23.4 Å². The minimum atomic E-state index is -4.90. The van der Waals surface area contributed by atoms with E-state index in [4.69, 9.17) is 11.6 Å². The van der Waals surface area contributed by atoms with E-state index in [1.165, 1.54) is 0 Å². The number of aromatic nitrogens is 4. The molecule has 0 aliphatic carbocycles. The molecule has 0 aliphatic rings. The highest BCUT2D eigenvalue weighted by Crippen LogP contribution is 2.37. The molecule has 0 fully saturated rings. The van der Waals surface area contributed by atoms with Crippen molar-refractivity contribution in [2.75, 3.05) is 5.32 Å². The van der Waals surface area contributed by atoms with Crippen LogP contribution in [0.5, 0.6) is 0 Å². The molecular weight excluding hydrogens is 417 g/mol. The van der Waals surface area contributed by atoms with Crippen LogP contribution in [0.3, 0.4) is 0 Å². The van der Waals surface area contributed by atoms with Crippen LogP contribution in [0, 0.1) is 10.1 Å². The molecule has 3 rings (SSSR count). The fraction of sp³-hybridized carbons (Fsp3) is 0.125. The minimum absolute atomic E-state index is 0.173. The fourth-order valence-corrected chi connectivity index (χ4v) is 2.55. The van der Waals surface area contributed by atoms with E-state index in [2.05, 4.69) is 20.7 Å². The number of amides is 1. The third-order valence-electron chi connectivity index (χ3n) is 3.61. The summed E-state index contributed by atoms with van der Waals surface area (Å²) in [6.45, 7) is -0.526. The molecular formula is C16H10ClF3N6O3. The van der Waals surface area contributed by atoms with Crippen molar-refractivity contribution in [3.63, 3.8) is 0 Å². The van der Waals surface area contributed by atoms with Crippen molar-refractivity contribution in [1.29, 1.82) is 0 Å². The van der Waals surface area contributed by atoms with Gasteiger partial charge in [0.15, 0.2) is 0 Å². The zero-order valence-corrected chi connectivity index (χ0v) is 15.0. The number of carbonyl (C=O) groups excluding carboxylic acids is 1. The molecule has 9 nitrogen and oxygen atoms in total. The van der Waals surface area contributed by atoms with Crippen LogP contribution in [-0.4, -0.2) is 31.0 Å². The lowest BCUT2D eigenvalue weighted by atomic mass is 10.1. The first-order chi connectivity index (χ1) is 13.6. The SMILES string of the molecule is O=C(Cn1nnc(-c2cccc(Cl)c2)n1)Nc1ccc([N+](=O)[O-])cc1C(F)(F)F. The highest BCUT2D eigenvalue weighted by Gasteiger charge is 2.35. The van der Waals surface area contributed by atoms with Crippen molar-refractivity contribution < 1.29 is 22.9 Å². The van der Waals surface area contributed by atoms with Gasteiger partial charge in [-0.15, -0.1) is 10.2 Å². The van der Waals surface area contributed by atoms with Crippen molar-refractivity contribution in [3.8, 4) is 11.4 Å². The standard InChI is InChI=1S/C16H10ClF3N6O3/c17-10-3-1-2-9(6-10)15-22-24-25(23-15)8-14(27)21-13-5-4-11(26(28)29)7-12(13)16(18,19)20/h1-7H,8H2,(H,21,27). The van der Waals surface area contributed by atoms with Gasteiger partial charge >= 0.3 is 6.18 Å². The van der Waals surface area contributed by atoms with Crippen molar-refractivity contribution in [2.45, 2.75) is 12.7 Å². The number of alkyl halides is 3. The van der Waals surface area contributed by atoms with Crippen molar-refractivity contribution in [2.24, 2.45) is 0 Å². The third kappa shape index (κ3) is 4.85. The second-order valence-electron chi connectivity index (χ2n) is 5.69. The van der Waals surface area contributed by atoms with Crippen LogP contribution in [0.1, 0.15) is 5.56 Å². The summed E-state index contributed by atoms with van der Waals surface area (Å²) in [5.41, 5.74) is -2.17. The summed E-state index contributed by atoms with van der Waals surface area (Å²) in [4.78, 5) is 22.8. The number of nitrogens with one attached hydrogen (secondary N) is 1. The van der Waals surface area contributed by atoms with Crippen LogP contribution >= 0.6 is 11.6 Å². The Morgan fingerprint density at radius 3 is 2.66 bits per heavy atom. The third-order valence-corrected chi connectivity index (χ3v) is 3.85. The summed E-state index contributed by atoms with van der Waals surface area (Å²) in [5.74, 6) is -0.703. The molecule has 0 bridgehead atoms. The highest BCUT2D eigenvalue weighted by molar-refractivity contribution is 6.30. The van der Waals surface area contributed by atoms with Crippen LogP contribution in [0.2, 0.25) is 5.02 Å². The van der Waals surface area contributed by atoms with Gasteiger partial charge in [0.25, 0.3) is 5.69 Å². The molecule has 3 aromatic rings. The Morgan fingerprint density at radius 2 is 2.00 bits per heavy atom. The summed E-state index contributed by atoms with van der Waals surface area (Å²) in [6.07, 6.45) is -4.90. The number of non-ortho nitro benzene ring substituents is 1. The Labute approximate surface area is 165 Å². The molecule has 0 aliphatic heterocycles. The molecule has 1 heterocycles. The normalized spacial score (nSPS) is 11.3. The molecule has 0 atom stereocenters. The number of nitro benzene ring substituents is 1. The lowest BCUT2D eigenvalue weighted by Crippen LogP contribution is -2.22. The van der Waals surface area contributed by atoms with Crippen LogP contribution < -0.4 is 5.32 Å². The summed E-state index contributed by atoms with van der Waals surface area (Å²) < 4.78 is 39.5. The quantitative estimate of drug-likeness (QED) is 0.492. The number of halogens is 4. The van der Waals surface area contributed by atoms with Gasteiger partial charge in [-0.3, -0.25) is 14.9 Å². The molecule has 13 heteroatoms. The largest absolute Gasteiger partial charge is 0.418 e. The maximum absolute atomic E-state index is 13.2. The molecule has 1 amide bonds. The number of carbonyl (C=O) groups is 1. The maximum Gasteiger partial charge on any atom is 0.418 e. The minimum Gasteiger partial charge on any atom is -0.324 e. The number of hydrogen-bond donors (Lipinski definition) is 1. The molecule has 150 valence electrons. The first-order valence-electron chi connectivity index (χ1n) is 7.83. The number of anilines is 1. The summed E-state index contributed by atoms with van der Waals surface area (Å²) in [5, 5.41) is 24.6. The Kier molecular flexibility index (Phi) is 5.46. The van der Waals surface area contributed by atoms with E-state index < -0.39 is 40.5 Å². The van der Waals surface area contributed by atoms with E-state index in [0.29, 0.717) is 16.7 Å². The first kappa shape index (κ1) is 20.2. The van der Waals surface area contributed by atoms with Crippen LogP contribution in [0.4, 0.5) is 24.5 Å². The number of nitrogens with zero attached hydrogens (tertiary/aromatic N) is 5. The predicted molar refractivity (Wildman–Crippen MR) is 95.0 cm³/mol. The van der Waals surface area contributed by atoms with Crippen molar-refractivity contribution >= 4 is 28.9 Å². The lowest BCUT2D eigenvalue weighted by molar-refractivity contribution is -0.385. The van der Waals surface area contributed by atoms with Crippen LogP contribution in [0.15, 0.2) is 42.5 Å². The first-order valence-corrected chi connectivity index (χ1v) is 8.20. The van der Waals surface area contributed by atoms with Gasteiger partial charge in [-0.25, -0.2) is 0 Å². The average molecular weight is 427 g/mol. The zero-order chi connectivity index (χ0) is 21.2. The number of nitro groups is 1. The summed E-state index contributed by atoms with van der Waals surface area (Å²) >= 11 is 5.88. The Bertz CT molecular complexity index is 1090. The highest BCUT2D eigenvalue weighted by atomic mass is 35.5. The Morgan fingerprint density at radius 1 is 1.24 bits per heavy atom. The Balaban J connectivity index is 1.77. The monoisotopic (exact) mass is 426 g/mol. The van der Waals surface area contributed by atoms with Gasteiger partial charge in [0.2, 0.25) is 11.7 Å². The second-order valence-corrected chi connectivity index (χ2v) is 6.12. The Hall–Kier alpha value is -3.54. The van der Waals surface area contributed by atoms with E-state index in [1.807, 2.05) is 0 Å². The summed E-state index contributed by atoms with van der Waals surface area (Å²) in [6, 6.07) is 8.57. The number of tetrazole rings is 1. The number of rotatable bonds is 5. The van der Waals surface area contributed by atoms with Gasteiger partial charge in [0.05, 0.1) is 16.2 Å². The molecule has 1 aromatic heterocycles. The smallest absolute Gasteiger partial charge is 0.324 e. The van der Waals surface area contributed by atoms with Crippen molar-refractivity contribution in [1.82, 2.24) is 20.2 Å². The van der Waals surface area contributed by atoms with E-state index in [9.17, 15) is 28.1 Å². The van der Waals surface area contributed by atoms with E-state index >= 15 is 0 Å². The maximum atomic E-state index is 13.2. The molecule has 1 N–H and O–H groups in total. The predicted octanol–water partition coefficient (Wildman–Crippen LogP) is 3.56. The molecule has 0 saturated heterocycles. The average Bonchev–Trinajstić information content (AvgIpc) is 3.09.